The summed E-state index contributed by atoms with van der Waals surface area (Å²) in [5, 5.41) is 9.25. The Bertz CT molecular complexity index is 1130. The van der Waals surface area contributed by atoms with Gasteiger partial charge < -0.3 is 10.6 Å². The molecule has 1 heterocycles. The van der Waals surface area contributed by atoms with Crippen LogP contribution in [0.15, 0.2) is 64.6 Å². The smallest absolute Gasteiger partial charge is 0.209 e. The van der Waals surface area contributed by atoms with Gasteiger partial charge in [0.15, 0.2) is 0 Å². The molecule has 0 radical (unpaired) electrons. The van der Waals surface area contributed by atoms with E-state index >= 15 is 0 Å². The normalized spacial score (nSPS) is 11.9. The molecule has 0 saturated carbocycles. The van der Waals surface area contributed by atoms with Crippen LogP contribution in [0.1, 0.15) is 35.5 Å². The second-order valence-corrected chi connectivity index (χ2v) is 9.56. The minimum atomic E-state index is -0.0384. The van der Waals surface area contributed by atoms with Gasteiger partial charge in [0, 0.05) is 28.1 Å². The lowest BCUT2D eigenvalue weighted by Crippen LogP contribution is -2.04. The molecule has 2 aromatic carbocycles. The third-order valence-corrected chi connectivity index (χ3v) is 7.51. The summed E-state index contributed by atoms with van der Waals surface area (Å²) in [6.07, 6.45) is 0.881. The minimum absolute atomic E-state index is 0.0384. The minimum Gasteiger partial charge on any atom is -0.388 e. The molecule has 3 nitrogen and oxygen atoms in total. The van der Waals surface area contributed by atoms with E-state index in [2.05, 4.69) is 31.1 Å². The van der Waals surface area contributed by atoms with Crippen molar-refractivity contribution < 1.29 is 4.79 Å². The molecule has 3 rings (SSSR count). The number of allylic oxidation sites excluding steroid dienone is 2. The molecule has 3 aromatic rings. The highest BCUT2D eigenvalue weighted by Gasteiger charge is 2.20. The van der Waals surface area contributed by atoms with E-state index in [9.17, 15) is 4.79 Å². The summed E-state index contributed by atoms with van der Waals surface area (Å²) in [4.78, 5) is 14.4. The summed E-state index contributed by atoms with van der Waals surface area (Å²) < 4.78 is 1.02. The largest absolute Gasteiger partial charge is 0.388 e. The van der Waals surface area contributed by atoms with E-state index in [4.69, 9.17) is 11.6 Å². The van der Waals surface area contributed by atoms with Crippen LogP contribution in [0.2, 0.25) is 5.02 Å². The molecule has 0 aliphatic carbocycles. The molecule has 2 N–H and O–H groups in total. The molecule has 30 heavy (non-hydrogen) atoms. The summed E-state index contributed by atoms with van der Waals surface area (Å²) in [5.74, 6) is -0.0384. The molecule has 0 unspecified atom stereocenters. The van der Waals surface area contributed by atoms with Crippen molar-refractivity contribution in [2.45, 2.75) is 27.2 Å². The number of carbonyl (C=O) groups excluding carboxylic acids is 1. The van der Waals surface area contributed by atoms with Gasteiger partial charge in [0.25, 0.3) is 0 Å². The summed E-state index contributed by atoms with van der Waals surface area (Å²) in [5.41, 5.74) is 4.17. The van der Waals surface area contributed by atoms with E-state index in [-0.39, 0.29) is 5.78 Å². The number of aryl methyl sites for hydroxylation is 1. The number of hydrogen-bond donors (Lipinski definition) is 2. The molecule has 156 valence electrons. The highest BCUT2D eigenvalue weighted by Crippen LogP contribution is 2.37. The predicted molar refractivity (Wildman–Crippen MR) is 135 cm³/mol. The first kappa shape index (κ1) is 22.5. The second-order valence-electron chi connectivity index (χ2n) is 6.97. The highest BCUT2D eigenvalue weighted by molar-refractivity contribution is 8.07. The van der Waals surface area contributed by atoms with Crippen LogP contribution in [0.3, 0.4) is 0 Å². The topological polar surface area (TPSA) is 41.1 Å². The summed E-state index contributed by atoms with van der Waals surface area (Å²) in [7, 11) is 1.89. The van der Waals surface area contributed by atoms with Gasteiger partial charge in [-0.1, -0.05) is 42.9 Å². The number of halogens is 1. The quantitative estimate of drug-likeness (QED) is 0.265. The Morgan fingerprint density at radius 3 is 2.47 bits per heavy atom. The molecule has 1 aromatic heterocycles. The van der Waals surface area contributed by atoms with E-state index in [0.717, 1.165) is 43.4 Å². The maximum Gasteiger partial charge on any atom is 0.209 e. The monoisotopic (exact) mass is 456 g/mol. The number of hydrogen-bond acceptors (Lipinski definition) is 5. The van der Waals surface area contributed by atoms with Crippen molar-refractivity contribution in [2.24, 2.45) is 0 Å². The Morgan fingerprint density at radius 1 is 1.17 bits per heavy atom. The van der Waals surface area contributed by atoms with E-state index in [1.54, 1.807) is 0 Å². The van der Waals surface area contributed by atoms with Gasteiger partial charge in [-0.2, -0.15) is 0 Å². The van der Waals surface area contributed by atoms with E-state index in [0.29, 0.717) is 9.93 Å². The number of thioether (sulfide) groups is 1. The molecule has 0 fully saturated rings. The number of anilines is 2. The fraction of sp³-hybridized carbons (Fsp3) is 0.208. The first-order valence-corrected chi connectivity index (χ1v) is 11.7. The molecule has 0 amide bonds. The standard InChI is InChI=1S/C24H25ClN2OS2/c1-6-14(2)24(27-19-10-8-18(26-5)9-11-19)29-16(4)22(28)23-15(3)20-12-7-17(25)13-21(20)30-23/h7-13,26-27H,4,6H2,1-3,5H3/b24-14+. The van der Waals surface area contributed by atoms with Gasteiger partial charge in [-0.15, -0.1) is 11.3 Å². The molecule has 0 aliphatic rings. The van der Waals surface area contributed by atoms with Gasteiger partial charge in [-0.05, 0) is 73.2 Å². The van der Waals surface area contributed by atoms with E-state index in [1.807, 2.05) is 56.4 Å². The Hall–Kier alpha value is -2.21. The van der Waals surface area contributed by atoms with Gasteiger partial charge in [-0.3, -0.25) is 4.79 Å². The Morgan fingerprint density at radius 2 is 1.83 bits per heavy atom. The fourth-order valence-corrected chi connectivity index (χ4v) is 5.39. The number of Topliss-reactive ketones (excluding diaryl/α,β-unsaturated/α-hetero) is 1. The van der Waals surface area contributed by atoms with Crippen molar-refractivity contribution >= 4 is 61.9 Å². The van der Waals surface area contributed by atoms with Gasteiger partial charge in [0.1, 0.15) is 0 Å². The van der Waals surface area contributed by atoms with Gasteiger partial charge in [0.05, 0.1) is 14.8 Å². The van der Waals surface area contributed by atoms with Crippen molar-refractivity contribution in [1.82, 2.24) is 0 Å². The Balaban J connectivity index is 1.83. The summed E-state index contributed by atoms with van der Waals surface area (Å²) in [6.45, 7) is 10.2. The van der Waals surface area contributed by atoms with E-state index in [1.165, 1.54) is 28.7 Å². The molecule has 0 atom stereocenters. The van der Waals surface area contributed by atoms with Crippen LogP contribution in [0.25, 0.3) is 10.1 Å². The lowest BCUT2D eigenvalue weighted by Gasteiger charge is -2.15. The molecular weight excluding hydrogens is 432 g/mol. The van der Waals surface area contributed by atoms with Crippen LogP contribution in [0.4, 0.5) is 11.4 Å². The van der Waals surface area contributed by atoms with E-state index < -0.39 is 0 Å². The zero-order valence-corrected chi connectivity index (χ0v) is 19.9. The molecule has 0 saturated heterocycles. The van der Waals surface area contributed by atoms with Crippen LogP contribution in [-0.2, 0) is 0 Å². The van der Waals surface area contributed by atoms with Crippen molar-refractivity contribution in [3.8, 4) is 0 Å². The maximum absolute atomic E-state index is 13.2. The van der Waals surface area contributed by atoms with Crippen molar-refractivity contribution in [3.05, 3.63) is 80.0 Å². The zero-order valence-electron chi connectivity index (χ0n) is 17.6. The molecular formula is C24H25ClN2OS2. The number of thiophene rings is 1. The van der Waals surface area contributed by atoms with Crippen LogP contribution < -0.4 is 10.6 Å². The molecule has 0 spiro atoms. The van der Waals surface area contributed by atoms with Crippen LogP contribution in [-0.4, -0.2) is 12.8 Å². The fourth-order valence-electron chi connectivity index (χ4n) is 2.94. The lowest BCUT2D eigenvalue weighted by molar-refractivity contribution is 0.104. The van der Waals surface area contributed by atoms with Crippen LogP contribution in [0, 0.1) is 6.92 Å². The van der Waals surface area contributed by atoms with Crippen LogP contribution in [0.5, 0.6) is 0 Å². The predicted octanol–water partition coefficient (Wildman–Crippen LogP) is 8.09. The molecule has 6 heteroatoms. The van der Waals surface area contributed by atoms with Crippen LogP contribution >= 0.6 is 34.7 Å². The summed E-state index contributed by atoms with van der Waals surface area (Å²) >= 11 is 8.99. The number of fused-ring (bicyclic) bond motifs is 1. The maximum atomic E-state index is 13.2. The third-order valence-electron chi connectivity index (χ3n) is 4.93. The molecule has 0 bridgehead atoms. The first-order valence-electron chi connectivity index (χ1n) is 9.68. The van der Waals surface area contributed by atoms with Crippen molar-refractivity contribution in [2.75, 3.05) is 17.7 Å². The third kappa shape index (κ3) is 4.91. The summed E-state index contributed by atoms with van der Waals surface area (Å²) in [6, 6.07) is 13.8. The highest BCUT2D eigenvalue weighted by atomic mass is 35.5. The number of benzene rings is 2. The lowest BCUT2D eigenvalue weighted by atomic mass is 10.1. The van der Waals surface area contributed by atoms with Gasteiger partial charge in [-0.25, -0.2) is 0 Å². The Kier molecular flexibility index (Phi) is 7.29. The SMILES string of the molecule is C=C(S/C(Nc1ccc(NC)cc1)=C(\C)CC)C(=O)c1sc2cc(Cl)ccc2c1C. The Labute approximate surface area is 191 Å². The number of carbonyl (C=O) groups is 1. The van der Waals surface area contributed by atoms with Crippen molar-refractivity contribution in [3.63, 3.8) is 0 Å². The number of rotatable bonds is 8. The number of ketones is 1. The second kappa shape index (κ2) is 9.73. The average molecular weight is 457 g/mol. The zero-order chi connectivity index (χ0) is 21.8. The first-order chi connectivity index (χ1) is 14.3. The number of nitrogens with one attached hydrogen (secondary N) is 2. The molecule has 0 aliphatic heterocycles. The van der Waals surface area contributed by atoms with Gasteiger partial charge >= 0.3 is 0 Å². The average Bonchev–Trinajstić information content (AvgIpc) is 3.07. The van der Waals surface area contributed by atoms with Gasteiger partial charge in [0.2, 0.25) is 5.78 Å². The van der Waals surface area contributed by atoms with Crippen molar-refractivity contribution in [1.29, 1.82) is 0 Å².